The van der Waals surface area contributed by atoms with E-state index in [9.17, 15) is 8.42 Å². The van der Waals surface area contributed by atoms with E-state index in [2.05, 4.69) is 0 Å². The summed E-state index contributed by atoms with van der Waals surface area (Å²) in [7, 11) is -3.92. The van der Waals surface area contributed by atoms with Crippen molar-refractivity contribution in [1.29, 1.82) is 0 Å². The van der Waals surface area contributed by atoms with Gasteiger partial charge in [-0.15, -0.1) is 0 Å². The van der Waals surface area contributed by atoms with E-state index in [1.165, 1.54) is 0 Å². The average Bonchev–Trinajstić information content (AvgIpc) is 2.21. The topological polar surface area (TPSA) is 104 Å². The molecule has 0 aliphatic rings. The summed E-state index contributed by atoms with van der Waals surface area (Å²) < 4.78 is 34.3. The van der Waals surface area contributed by atoms with Gasteiger partial charge in [-0.2, -0.15) is 8.42 Å². The molecule has 0 aliphatic heterocycles. The summed E-state index contributed by atoms with van der Waals surface area (Å²) in [5.74, 6) is -0.547. The fourth-order valence-corrected chi connectivity index (χ4v) is 1.61. The molecule has 0 spiro atoms. The fourth-order valence-electron chi connectivity index (χ4n) is 1.12. The van der Waals surface area contributed by atoms with Crippen LogP contribution in [0.15, 0.2) is 0 Å². The first kappa shape index (κ1) is 20.1. The van der Waals surface area contributed by atoms with Crippen molar-refractivity contribution >= 4 is 39.7 Å². The van der Waals surface area contributed by atoms with Crippen LogP contribution in [0.25, 0.3) is 0 Å². The van der Waals surface area contributed by atoms with Gasteiger partial charge in [0.1, 0.15) is 0 Å². The molecule has 0 aromatic rings. The summed E-state index contributed by atoms with van der Waals surface area (Å²) in [5, 5.41) is 17.9. The van der Waals surface area contributed by atoms with E-state index < -0.39 is 10.1 Å². The number of hydrogen-bond acceptors (Lipinski definition) is 5. The predicted molar refractivity (Wildman–Crippen MR) is 65.8 cm³/mol. The number of aliphatic hydroxyl groups excluding tert-OH is 2. The van der Waals surface area contributed by atoms with Gasteiger partial charge in [0.05, 0.1) is 12.4 Å². The zero-order chi connectivity index (χ0) is 12.6. The monoisotopic (exact) mass is 280 g/mol. The summed E-state index contributed by atoms with van der Waals surface area (Å²) in [6, 6.07) is 0. The van der Waals surface area contributed by atoms with E-state index in [0.717, 1.165) is 0 Å². The van der Waals surface area contributed by atoms with Crippen LogP contribution < -0.4 is 0 Å². The number of aliphatic hydroxyl groups is 2. The van der Waals surface area contributed by atoms with Gasteiger partial charge in [-0.25, -0.2) is 0 Å². The number of rotatable bonds is 9. The molecule has 8 heteroatoms. The molecule has 0 radical (unpaired) electrons. The Labute approximate surface area is 124 Å². The summed E-state index contributed by atoms with van der Waals surface area (Å²) in [4.78, 5) is 0. The molecule has 0 saturated heterocycles. The minimum atomic E-state index is -3.92. The van der Waals surface area contributed by atoms with Gasteiger partial charge in [-0.3, -0.25) is 4.55 Å². The molecule has 0 bridgehead atoms. The van der Waals surface area contributed by atoms with Gasteiger partial charge in [0.2, 0.25) is 0 Å². The molecule has 0 rings (SSSR count). The van der Waals surface area contributed by atoms with Crippen LogP contribution in [0.2, 0.25) is 0 Å². The summed E-state index contributed by atoms with van der Waals surface area (Å²) in [6.45, 7) is 2.15. The molecule has 2 unspecified atom stereocenters. The van der Waals surface area contributed by atoms with E-state index in [-0.39, 0.29) is 80.0 Å². The van der Waals surface area contributed by atoms with Crippen molar-refractivity contribution in [2.75, 3.05) is 32.2 Å². The summed E-state index contributed by atoms with van der Waals surface area (Å²) in [6.07, 6.45) is 0.213. The molecule has 6 nitrogen and oxygen atoms in total. The zero-order valence-corrected chi connectivity index (χ0v) is 10.2. The van der Waals surface area contributed by atoms with Gasteiger partial charge in [0, 0.05) is 25.7 Å². The Balaban J connectivity index is 0. The Morgan fingerprint density at radius 3 is 2.24 bits per heavy atom. The van der Waals surface area contributed by atoms with Crippen LogP contribution in [-0.4, -0.2) is 84.9 Å². The Morgan fingerprint density at radius 1 is 1.24 bits per heavy atom. The predicted octanol–water partition coefficient (Wildman–Crippen LogP) is -1.13. The van der Waals surface area contributed by atoms with Crippen LogP contribution in [0.5, 0.6) is 0 Å². The Kier molecular flexibility index (Phi) is 12.6. The zero-order valence-electron chi connectivity index (χ0n) is 9.37. The van der Waals surface area contributed by atoms with Crippen LogP contribution in [0.1, 0.15) is 13.3 Å². The average molecular weight is 280 g/mol. The minimum absolute atomic E-state index is 0. The molecule has 0 aromatic carbocycles. The molecular weight excluding hydrogens is 259 g/mol. The van der Waals surface area contributed by atoms with Crippen molar-refractivity contribution in [3.8, 4) is 0 Å². The molecule has 0 saturated carbocycles. The van der Waals surface area contributed by atoms with Gasteiger partial charge < -0.3 is 14.9 Å². The van der Waals surface area contributed by atoms with Gasteiger partial charge in [-0.1, -0.05) is 6.92 Å². The number of hydrogen-bond donors (Lipinski definition) is 3. The van der Waals surface area contributed by atoms with Gasteiger partial charge >= 0.3 is 29.6 Å². The second kappa shape index (κ2) is 10.7. The quantitative estimate of drug-likeness (QED) is 0.280. The van der Waals surface area contributed by atoms with E-state index >= 15 is 0 Å². The summed E-state index contributed by atoms with van der Waals surface area (Å²) >= 11 is 0. The van der Waals surface area contributed by atoms with Crippen molar-refractivity contribution in [3.63, 3.8) is 0 Å². The third-order valence-corrected chi connectivity index (χ3v) is 3.15. The molecule has 100 valence electrons. The van der Waals surface area contributed by atoms with Crippen molar-refractivity contribution in [2.45, 2.75) is 13.3 Å². The summed E-state index contributed by atoms with van der Waals surface area (Å²) in [5.41, 5.74) is 0. The second-order valence-corrected chi connectivity index (χ2v) is 5.39. The molecule has 0 fully saturated rings. The van der Waals surface area contributed by atoms with Gasteiger partial charge in [0.25, 0.3) is 10.1 Å². The maximum atomic E-state index is 10.4. The van der Waals surface area contributed by atoms with Crippen LogP contribution >= 0.6 is 0 Å². The molecule has 2 atom stereocenters. The van der Waals surface area contributed by atoms with E-state index in [4.69, 9.17) is 19.5 Å². The van der Waals surface area contributed by atoms with Gasteiger partial charge in [0.15, 0.2) is 0 Å². The van der Waals surface area contributed by atoms with Crippen molar-refractivity contribution in [3.05, 3.63) is 0 Å². The standard InChI is InChI=1S/C9H20O6S.Na.H/c1-8(5-10)9(6-11)7-15-3-2-4-16(12,13)14;;/h8-11H,2-7H2,1H3,(H,12,13,14);;. The van der Waals surface area contributed by atoms with E-state index in [1.54, 1.807) is 6.92 Å². The normalized spacial score (nSPS) is 15.1. The molecule has 0 aliphatic carbocycles. The first-order chi connectivity index (χ1) is 7.40. The Hall–Kier alpha value is 0.790. The third kappa shape index (κ3) is 11.6. The van der Waals surface area contributed by atoms with Crippen molar-refractivity contribution in [2.24, 2.45) is 11.8 Å². The van der Waals surface area contributed by atoms with Crippen LogP contribution in [-0.2, 0) is 14.9 Å². The molecule has 3 N–H and O–H groups in total. The second-order valence-electron chi connectivity index (χ2n) is 3.82. The van der Waals surface area contributed by atoms with Crippen molar-refractivity contribution in [1.82, 2.24) is 0 Å². The first-order valence-electron chi connectivity index (χ1n) is 5.15. The SMILES string of the molecule is CC(CO)C(CO)COCCCS(=O)(=O)O.[NaH]. The maximum absolute atomic E-state index is 10.4. The van der Waals surface area contributed by atoms with E-state index in [1.807, 2.05) is 0 Å². The van der Waals surface area contributed by atoms with Crippen LogP contribution in [0.4, 0.5) is 0 Å². The third-order valence-electron chi connectivity index (χ3n) is 2.35. The molecule has 17 heavy (non-hydrogen) atoms. The first-order valence-corrected chi connectivity index (χ1v) is 6.76. The molecule has 0 aromatic heterocycles. The van der Waals surface area contributed by atoms with Crippen molar-refractivity contribution < 1.29 is 27.9 Å². The fraction of sp³-hybridized carbons (Fsp3) is 1.00. The van der Waals surface area contributed by atoms with Crippen LogP contribution in [0, 0.1) is 11.8 Å². The molecular formula is C9H21NaO6S. The molecule has 0 heterocycles. The van der Waals surface area contributed by atoms with Gasteiger partial charge in [-0.05, 0) is 12.3 Å². The van der Waals surface area contributed by atoms with Crippen LogP contribution in [0.3, 0.4) is 0 Å². The Morgan fingerprint density at radius 2 is 1.82 bits per heavy atom. The van der Waals surface area contributed by atoms with E-state index in [0.29, 0.717) is 0 Å². The Bertz CT molecular complexity index is 269. The number of ether oxygens (including phenoxy) is 1. The molecule has 0 amide bonds.